The van der Waals surface area contributed by atoms with Crippen LogP contribution in [0.3, 0.4) is 0 Å². The van der Waals surface area contributed by atoms with Crippen LogP contribution in [0.4, 0.5) is 10.5 Å². The lowest BCUT2D eigenvalue weighted by Gasteiger charge is -2.10. The lowest BCUT2D eigenvalue weighted by atomic mass is 10.1. The molecule has 138 valence electrons. The summed E-state index contributed by atoms with van der Waals surface area (Å²) in [5, 5.41) is 10.6. The van der Waals surface area contributed by atoms with E-state index in [4.69, 9.17) is 10.9 Å². The van der Waals surface area contributed by atoms with Crippen molar-refractivity contribution in [1.29, 1.82) is 0 Å². The number of fused-ring (bicyclic) bond motifs is 2. The molecule has 3 aromatic rings. The molecule has 27 heavy (non-hydrogen) atoms. The third-order valence-corrected chi connectivity index (χ3v) is 3.81. The number of pyridine rings is 1. The van der Waals surface area contributed by atoms with E-state index in [2.05, 4.69) is 22.0 Å². The normalized spacial score (nSPS) is 13.4. The molecule has 9 heteroatoms. The van der Waals surface area contributed by atoms with Crippen molar-refractivity contribution in [2.24, 2.45) is 0 Å². The van der Waals surface area contributed by atoms with Crippen LogP contribution in [0.25, 0.3) is 21.8 Å². The van der Waals surface area contributed by atoms with Crippen LogP contribution in [-0.4, -0.2) is 33.2 Å². The highest BCUT2D eigenvalue weighted by Gasteiger charge is 2.32. The minimum atomic E-state index is -1.27. The molecule has 2 heterocycles. The van der Waals surface area contributed by atoms with Crippen molar-refractivity contribution in [3.8, 4) is 0 Å². The van der Waals surface area contributed by atoms with Gasteiger partial charge in [-0.1, -0.05) is 18.2 Å². The number of nitrogen functional groups attached to an aromatic ring is 1. The zero-order valence-corrected chi connectivity index (χ0v) is 14.1. The van der Waals surface area contributed by atoms with Gasteiger partial charge >= 0.3 is 6.09 Å². The Bertz CT molecular complexity index is 1020. The van der Waals surface area contributed by atoms with E-state index in [1.165, 1.54) is 0 Å². The third kappa shape index (κ3) is 4.10. The number of hydrogen-bond acceptors (Lipinski definition) is 7. The fourth-order valence-corrected chi connectivity index (χ4v) is 2.56. The van der Waals surface area contributed by atoms with E-state index in [1.54, 1.807) is 0 Å². The van der Waals surface area contributed by atoms with Gasteiger partial charge in [0.2, 0.25) is 0 Å². The fraction of sp³-hybridized carbons (Fsp3) is 0.111. The summed E-state index contributed by atoms with van der Waals surface area (Å²) in [4.78, 5) is 40.5. The molecule has 2 aromatic carbocycles. The van der Waals surface area contributed by atoms with E-state index in [0.717, 1.165) is 33.0 Å². The zero-order valence-electron chi connectivity index (χ0n) is 14.1. The molecule has 1 aliphatic rings. The number of hydrogen-bond donors (Lipinski definition) is 3. The molecule has 0 atom stereocenters. The van der Waals surface area contributed by atoms with Gasteiger partial charge in [0, 0.05) is 29.3 Å². The van der Waals surface area contributed by atoms with Crippen LogP contribution in [0.5, 0.6) is 0 Å². The van der Waals surface area contributed by atoms with Gasteiger partial charge in [-0.15, -0.1) is 5.06 Å². The van der Waals surface area contributed by atoms with Crippen molar-refractivity contribution in [2.75, 3.05) is 5.73 Å². The number of amides is 3. The van der Waals surface area contributed by atoms with Crippen LogP contribution in [-0.2, 0) is 14.4 Å². The lowest BCUT2D eigenvalue weighted by Crippen LogP contribution is -2.35. The fourth-order valence-electron chi connectivity index (χ4n) is 2.56. The maximum atomic E-state index is 10.8. The van der Waals surface area contributed by atoms with Crippen molar-refractivity contribution in [3.05, 3.63) is 48.5 Å². The summed E-state index contributed by atoms with van der Waals surface area (Å²) < 4.78 is 0. The second-order valence-electron chi connectivity index (χ2n) is 5.71. The van der Waals surface area contributed by atoms with Gasteiger partial charge in [-0.05, 0) is 30.3 Å². The monoisotopic (exact) mass is 368 g/mol. The Hall–Kier alpha value is -3.72. The molecule has 0 radical (unpaired) electrons. The highest BCUT2D eigenvalue weighted by Crippen LogP contribution is 2.21. The molecule has 9 nitrogen and oxygen atoms in total. The molecule has 4 rings (SSSR count). The first-order valence-corrected chi connectivity index (χ1v) is 8.01. The van der Waals surface area contributed by atoms with Crippen molar-refractivity contribution in [1.82, 2.24) is 15.5 Å². The molecule has 0 aliphatic carbocycles. The minimum absolute atomic E-state index is 0.0253. The van der Waals surface area contributed by atoms with Crippen LogP contribution < -0.4 is 11.2 Å². The number of nitrogens with zero attached hydrogens (tertiary/aromatic N) is 2. The van der Waals surface area contributed by atoms with Crippen LogP contribution in [0.15, 0.2) is 48.5 Å². The zero-order chi connectivity index (χ0) is 19.4. The average molecular weight is 368 g/mol. The molecule has 4 N–H and O–H groups in total. The smallest absolute Gasteiger partial charge is 0.399 e. The summed E-state index contributed by atoms with van der Waals surface area (Å²) in [7, 11) is 0. The van der Waals surface area contributed by atoms with Crippen molar-refractivity contribution >= 4 is 45.4 Å². The maximum absolute atomic E-state index is 10.8. The molecule has 0 spiro atoms. The number of anilines is 1. The summed E-state index contributed by atoms with van der Waals surface area (Å²) in [6, 6.07) is 16.0. The van der Waals surface area contributed by atoms with Gasteiger partial charge in [0.1, 0.15) is 0 Å². The molecule has 1 saturated heterocycles. The van der Waals surface area contributed by atoms with Gasteiger partial charge in [-0.2, -0.15) is 0 Å². The molecule has 0 unspecified atom stereocenters. The molecule has 0 saturated carbocycles. The predicted octanol–water partition coefficient (Wildman–Crippen LogP) is 2.14. The number of nitrogens with one attached hydrogen (secondary N) is 1. The van der Waals surface area contributed by atoms with Crippen LogP contribution >= 0.6 is 0 Å². The Kier molecular flexibility index (Phi) is 5.13. The van der Waals surface area contributed by atoms with Gasteiger partial charge in [0.05, 0.1) is 11.0 Å². The molecular formula is C18H16N4O5. The molecule has 3 amide bonds. The standard InChI is InChI=1S/C13H10N2.C5H6N2O5/c14-11-5-6-13-10(8-11)7-9-3-1-2-4-12(9)15-13;8-3-1-2-4(9)7(3)12-5(10)6-11/h1-8H,14H2;11H,1-2H2,(H,6,10). The second kappa shape index (κ2) is 7.67. The summed E-state index contributed by atoms with van der Waals surface area (Å²) >= 11 is 0. The largest absolute Gasteiger partial charge is 0.456 e. The summed E-state index contributed by atoms with van der Waals surface area (Å²) in [5.74, 6) is -1.19. The Balaban J connectivity index is 0.000000161. The Morgan fingerprint density at radius 1 is 1.04 bits per heavy atom. The number of aromatic nitrogens is 1. The van der Waals surface area contributed by atoms with Gasteiger partial charge in [-0.3, -0.25) is 14.8 Å². The lowest BCUT2D eigenvalue weighted by molar-refractivity contribution is -0.173. The van der Waals surface area contributed by atoms with Gasteiger partial charge in [0.15, 0.2) is 0 Å². The Labute approximate surface area is 153 Å². The van der Waals surface area contributed by atoms with Gasteiger partial charge < -0.3 is 10.6 Å². The quantitative estimate of drug-likeness (QED) is 0.197. The van der Waals surface area contributed by atoms with E-state index in [-0.39, 0.29) is 12.8 Å². The molecular weight excluding hydrogens is 352 g/mol. The van der Waals surface area contributed by atoms with E-state index in [1.807, 2.05) is 36.4 Å². The van der Waals surface area contributed by atoms with Crippen LogP contribution in [0, 0.1) is 0 Å². The van der Waals surface area contributed by atoms with Crippen LogP contribution in [0.2, 0.25) is 0 Å². The highest BCUT2D eigenvalue weighted by molar-refractivity contribution is 6.01. The molecule has 0 bridgehead atoms. The van der Waals surface area contributed by atoms with Crippen LogP contribution in [0.1, 0.15) is 12.8 Å². The number of carbonyl (C=O) groups is 3. The highest BCUT2D eigenvalue weighted by atomic mass is 16.8. The average Bonchev–Trinajstić information content (AvgIpc) is 2.98. The summed E-state index contributed by atoms with van der Waals surface area (Å²) in [6.07, 6.45) is -1.21. The summed E-state index contributed by atoms with van der Waals surface area (Å²) in [6.45, 7) is 0. The molecule has 1 fully saturated rings. The minimum Gasteiger partial charge on any atom is -0.399 e. The predicted molar refractivity (Wildman–Crippen MR) is 96.2 cm³/mol. The van der Waals surface area contributed by atoms with Gasteiger partial charge in [-0.25, -0.2) is 15.3 Å². The first-order chi connectivity index (χ1) is 13.0. The topological polar surface area (TPSA) is 135 Å². The third-order valence-electron chi connectivity index (χ3n) is 3.81. The van der Waals surface area contributed by atoms with E-state index in [9.17, 15) is 14.4 Å². The van der Waals surface area contributed by atoms with Crippen molar-refractivity contribution in [3.63, 3.8) is 0 Å². The van der Waals surface area contributed by atoms with E-state index >= 15 is 0 Å². The molecule has 1 aromatic heterocycles. The van der Waals surface area contributed by atoms with E-state index in [0.29, 0.717) is 5.06 Å². The number of nitrogens with two attached hydrogens (primary N) is 1. The van der Waals surface area contributed by atoms with Crippen molar-refractivity contribution < 1.29 is 24.4 Å². The Morgan fingerprint density at radius 3 is 2.41 bits per heavy atom. The first-order valence-electron chi connectivity index (χ1n) is 8.01. The Morgan fingerprint density at radius 2 is 1.70 bits per heavy atom. The number of para-hydroxylation sites is 1. The number of rotatable bonds is 1. The number of benzene rings is 2. The maximum Gasteiger partial charge on any atom is 0.456 e. The van der Waals surface area contributed by atoms with Gasteiger partial charge in [0.25, 0.3) is 11.8 Å². The SMILES string of the molecule is Nc1ccc2nc3ccccc3cc2c1.O=C(NO)ON1C(=O)CCC1=O. The second-order valence-corrected chi connectivity index (χ2v) is 5.71. The summed E-state index contributed by atoms with van der Waals surface area (Å²) in [5.41, 5.74) is 9.65. The van der Waals surface area contributed by atoms with E-state index < -0.39 is 17.9 Å². The molecule has 1 aliphatic heterocycles. The first kappa shape index (κ1) is 18.1. The number of hydroxylamine groups is 3. The van der Waals surface area contributed by atoms with Crippen molar-refractivity contribution in [2.45, 2.75) is 12.8 Å². The number of imide groups is 1. The number of carbonyl (C=O) groups excluding carboxylic acids is 3.